The molecule has 112 valence electrons. The molecule has 1 aromatic carbocycles. The summed E-state index contributed by atoms with van der Waals surface area (Å²) in [6.45, 7) is 8.09. The Labute approximate surface area is 123 Å². The Morgan fingerprint density at radius 3 is 2.29 bits per heavy atom. The van der Waals surface area contributed by atoms with Crippen molar-refractivity contribution in [3.05, 3.63) is 51.2 Å². The fourth-order valence-electron chi connectivity index (χ4n) is 2.14. The molecule has 1 aromatic heterocycles. The predicted octanol–water partition coefficient (Wildman–Crippen LogP) is 3.03. The molecule has 2 rings (SSSR count). The third kappa shape index (κ3) is 3.04. The summed E-state index contributed by atoms with van der Waals surface area (Å²) in [6, 6.07) is 7.93. The molecule has 0 aliphatic rings. The van der Waals surface area contributed by atoms with Crippen LogP contribution in [0.2, 0.25) is 0 Å². The standard InChI is InChI=1S/C15H20N4O2/c1-10-5-7-11(8-6-10)9-18-14(16)12(19(20)21)13(17-18)15(2,3)4/h5-8H,9,16H2,1-4H3. The number of hydrogen-bond donors (Lipinski definition) is 1. The molecular formula is C15H20N4O2. The van der Waals surface area contributed by atoms with Crippen LogP contribution in [0.1, 0.15) is 37.6 Å². The molecule has 0 spiro atoms. The first-order chi connectivity index (χ1) is 9.70. The van der Waals surface area contributed by atoms with Gasteiger partial charge in [0.2, 0.25) is 5.82 Å². The lowest BCUT2D eigenvalue weighted by Crippen LogP contribution is -2.14. The van der Waals surface area contributed by atoms with Crippen molar-refractivity contribution >= 4 is 11.5 Å². The summed E-state index contributed by atoms with van der Waals surface area (Å²) in [6.07, 6.45) is 0. The number of aryl methyl sites for hydroxylation is 1. The quantitative estimate of drug-likeness (QED) is 0.694. The monoisotopic (exact) mass is 288 g/mol. The van der Waals surface area contributed by atoms with Crippen LogP contribution in [-0.4, -0.2) is 14.7 Å². The van der Waals surface area contributed by atoms with Gasteiger partial charge in [-0.1, -0.05) is 50.6 Å². The minimum Gasteiger partial charge on any atom is -0.378 e. The van der Waals surface area contributed by atoms with Crippen LogP contribution in [0.4, 0.5) is 11.5 Å². The topological polar surface area (TPSA) is 87.0 Å². The summed E-state index contributed by atoms with van der Waals surface area (Å²) >= 11 is 0. The van der Waals surface area contributed by atoms with Gasteiger partial charge in [0.25, 0.3) is 0 Å². The Hall–Kier alpha value is -2.37. The molecule has 0 aliphatic heterocycles. The van der Waals surface area contributed by atoms with Crippen LogP contribution < -0.4 is 5.73 Å². The van der Waals surface area contributed by atoms with E-state index >= 15 is 0 Å². The molecule has 21 heavy (non-hydrogen) atoms. The molecule has 0 radical (unpaired) electrons. The highest BCUT2D eigenvalue weighted by Crippen LogP contribution is 2.34. The summed E-state index contributed by atoms with van der Waals surface area (Å²) in [7, 11) is 0. The van der Waals surface area contributed by atoms with Crippen molar-refractivity contribution in [3.8, 4) is 0 Å². The van der Waals surface area contributed by atoms with Crippen LogP contribution in [0.5, 0.6) is 0 Å². The predicted molar refractivity (Wildman–Crippen MR) is 82.3 cm³/mol. The van der Waals surface area contributed by atoms with E-state index in [1.54, 1.807) is 0 Å². The SMILES string of the molecule is Cc1ccc(Cn2nc(C(C)(C)C)c([N+](=O)[O-])c2N)cc1. The van der Waals surface area contributed by atoms with Crippen LogP contribution in [0.3, 0.4) is 0 Å². The molecule has 0 fully saturated rings. The Balaban J connectivity index is 2.45. The maximum absolute atomic E-state index is 11.3. The van der Waals surface area contributed by atoms with Gasteiger partial charge in [-0.25, -0.2) is 4.68 Å². The molecule has 2 aromatic rings. The summed E-state index contributed by atoms with van der Waals surface area (Å²) in [5, 5.41) is 15.6. The second-order valence-electron chi connectivity index (χ2n) is 6.23. The Morgan fingerprint density at radius 1 is 1.29 bits per heavy atom. The largest absolute Gasteiger partial charge is 0.378 e. The Morgan fingerprint density at radius 2 is 1.86 bits per heavy atom. The van der Waals surface area contributed by atoms with Crippen molar-refractivity contribution in [1.29, 1.82) is 0 Å². The third-order valence-electron chi connectivity index (χ3n) is 3.31. The summed E-state index contributed by atoms with van der Waals surface area (Å²) in [5.41, 5.74) is 7.99. The highest BCUT2D eigenvalue weighted by Gasteiger charge is 2.33. The second kappa shape index (κ2) is 5.20. The van der Waals surface area contributed by atoms with Gasteiger partial charge in [0, 0.05) is 5.41 Å². The lowest BCUT2D eigenvalue weighted by Gasteiger charge is -2.13. The van der Waals surface area contributed by atoms with E-state index in [0.29, 0.717) is 12.2 Å². The number of nitrogens with two attached hydrogens (primary N) is 1. The first-order valence-electron chi connectivity index (χ1n) is 6.77. The zero-order valence-corrected chi connectivity index (χ0v) is 12.8. The van der Waals surface area contributed by atoms with Gasteiger partial charge in [-0.05, 0) is 12.5 Å². The first-order valence-corrected chi connectivity index (χ1v) is 6.77. The maximum Gasteiger partial charge on any atom is 0.334 e. The number of nitrogens with zero attached hydrogens (tertiary/aromatic N) is 3. The van der Waals surface area contributed by atoms with Crippen molar-refractivity contribution in [2.75, 3.05) is 5.73 Å². The van der Waals surface area contributed by atoms with E-state index in [1.807, 2.05) is 52.0 Å². The van der Waals surface area contributed by atoms with Crippen molar-refractivity contribution in [3.63, 3.8) is 0 Å². The Bertz CT molecular complexity index is 666. The fourth-order valence-corrected chi connectivity index (χ4v) is 2.14. The summed E-state index contributed by atoms with van der Waals surface area (Å²) < 4.78 is 1.50. The van der Waals surface area contributed by atoms with E-state index in [2.05, 4.69) is 5.10 Å². The zero-order valence-electron chi connectivity index (χ0n) is 12.8. The second-order valence-corrected chi connectivity index (χ2v) is 6.23. The molecule has 1 heterocycles. The molecule has 0 aliphatic carbocycles. The molecule has 0 saturated carbocycles. The van der Waals surface area contributed by atoms with Crippen LogP contribution in [0.15, 0.2) is 24.3 Å². The zero-order chi connectivity index (χ0) is 15.8. The number of nitro groups is 1. The average molecular weight is 288 g/mol. The van der Waals surface area contributed by atoms with Gasteiger partial charge < -0.3 is 5.73 Å². The molecule has 6 heteroatoms. The van der Waals surface area contributed by atoms with Crippen molar-refractivity contribution in [2.24, 2.45) is 0 Å². The summed E-state index contributed by atoms with van der Waals surface area (Å²) in [5.74, 6) is 0.102. The minimum absolute atomic E-state index is 0.0883. The lowest BCUT2D eigenvalue weighted by molar-refractivity contribution is -0.385. The van der Waals surface area contributed by atoms with Gasteiger partial charge in [0.15, 0.2) is 0 Å². The van der Waals surface area contributed by atoms with E-state index in [0.717, 1.165) is 11.1 Å². The molecular weight excluding hydrogens is 268 g/mol. The molecule has 0 atom stereocenters. The fraction of sp³-hybridized carbons (Fsp3) is 0.400. The third-order valence-corrected chi connectivity index (χ3v) is 3.31. The Kier molecular flexibility index (Phi) is 3.72. The van der Waals surface area contributed by atoms with E-state index in [4.69, 9.17) is 5.73 Å². The van der Waals surface area contributed by atoms with Gasteiger partial charge in [0.1, 0.15) is 5.69 Å². The van der Waals surface area contributed by atoms with Gasteiger partial charge >= 0.3 is 5.69 Å². The molecule has 2 N–H and O–H groups in total. The minimum atomic E-state index is -0.450. The highest BCUT2D eigenvalue weighted by molar-refractivity contribution is 5.58. The summed E-state index contributed by atoms with van der Waals surface area (Å²) in [4.78, 5) is 10.8. The van der Waals surface area contributed by atoms with Gasteiger partial charge in [-0.15, -0.1) is 0 Å². The van der Waals surface area contributed by atoms with Crippen LogP contribution in [0.25, 0.3) is 0 Å². The first kappa shape index (κ1) is 15.0. The van der Waals surface area contributed by atoms with E-state index < -0.39 is 10.3 Å². The normalized spacial score (nSPS) is 11.6. The number of benzene rings is 1. The van der Waals surface area contributed by atoms with Gasteiger partial charge in [0.05, 0.1) is 11.5 Å². The molecule has 6 nitrogen and oxygen atoms in total. The number of hydrogen-bond acceptors (Lipinski definition) is 4. The number of anilines is 1. The molecule has 0 amide bonds. The van der Waals surface area contributed by atoms with Crippen LogP contribution in [0, 0.1) is 17.0 Å². The van der Waals surface area contributed by atoms with E-state index in [-0.39, 0.29) is 11.5 Å². The van der Waals surface area contributed by atoms with Crippen LogP contribution >= 0.6 is 0 Å². The van der Waals surface area contributed by atoms with Crippen molar-refractivity contribution < 1.29 is 4.92 Å². The van der Waals surface area contributed by atoms with Gasteiger partial charge in [-0.3, -0.25) is 10.1 Å². The lowest BCUT2D eigenvalue weighted by atomic mass is 9.91. The van der Waals surface area contributed by atoms with Crippen molar-refractivity contribution in [1.82, 2.24) is 9.78 Å². The van der Waals surface area contributed by atoms with E-state index in [1.165, 1.54) is 4.68 Å². The van der Waals surface area contributed by atoms with E-state index in [9.17, 15) is 10.1 Å². The highest BCUT2D eigenvalue weighted by atomic mass is 16.6. The molecule has 0 saturated heterocycles. The number of nitrogen functional groups attached to an aromatic ring is 1. The van der Waals surface area contributed by atoms with Gasteiger partial charge in [-0.2, -0.15) is 5.10 Å². The smallest absolute Gasteiger partial charge is 0.334 e. The number of aromatic nitrogens is 2. The number of rotatable bonds is 3. The average Bonchev–Trinajstić information content (AvgIpc) is 2.70. The molecule has 0 unspecified atom stereocenters. The van der Waals surface area contributed by atoms with Crippen LogP contribution in [-0.2, 0) is 12.0 Å². The molecule has 0 bridgehead atoms. The van der Waals surface area contributed by atoms with Crippen molar-refractivity contribution in [2.45, 2.75) is 39.7 Å². The maximum atomic E-state index is 11.3.